The third-order valence-corrected chi connectivity index (χ3v) is 2.78. The Kier molecular flexibility index (Phi) is 3.54. The molecule has 1 atom stereocenters. The molecule has 3 heteroatoms. The van der Waals surface area contributed by atoms with E-state index in [2.05, 4.69) is 0 Å². The van der Waals surface area contributed by atoms with E-state index < -0.39 is 6.10 Å². The Balaban J connectivity index is 2.14. The van der Waals surface area contributed by atoms with E-state index in [-0.39, 0.29) is 0 Å². The van der Waals surface area contributed by atoms with Crippen LogP contribution >= 0.6 is 11.6 Å². The summed E-state index contributed by atoms with van der Waals surface area (Å²) >= 11 is 6.01. The topological polar surface area (TPSA) is 24.1 Å². The zero-order valence-corrected chi connectivity index (χ0v) is 9.51. The summed E-state index contributed by atoms with van der Waals surface area (Å²) in [6.07, 6.45) is 1.32. The number of benzene rings is 1. The molecule has 0 radical (unpaired) electrons. The van der Waals surface area contributed by atoms with Crippen molar-refractivity contribution in [2.45, 2.75) is 12.6 Å². The quantitative estimate of drug-likeness (QED) is 0.640. The predicted octanol–water partition coefficient (Wildman–Crippen LogP) is 2.36. The Morgan fingerprint density at radius 2 is 1.75 bits per heavy atom. The van der Waals surface area contributed by atoms with Crippen molar-refractivity contribution in [1.29, 1.82) is 0 Å². The van der Waals surface area contributed by atoms with Crippen LogP contribution in [0.4, 0.5) is 0 Å². The summed E-state index contributed by atoms with van der Waals surface area (Å²) < 4.78 is 1.82. The Morgan fingerprint density at radius 3 is 2.44 bits per heavy atom. The van der Waals surface area contributed by atoms with Gasteiger partial charge < -0.3 is 5.11 Å². The first-order valence-electron chi connectivity index (χ1n) is 5.14. The first kappa shape index (κ1) is 11.1. The number of aliphatic hydroxyl groups is 1. The highest BCUT2D eigenvalue weighted by Gasteiger charge is 2.15. The van der Waals surface area contributed by atoms with Gasteiger partial charge in [-0.15, -0.1) is 0 Å². The van der Waals surface area contributed by atoms with Crippen LogP contribution < -0.4 is 4.57 Å². The highest BCUT2D eigenvalue weighted by atomic mass is 35.5. The summed E-state index contributed by atoms with van der Waals surface area (Å²) in [4.78, 5) is 0. The van der Waals surface area contributed by atoms with Gasteiger partial charge in [0.15, 0.2) is 12.7 Å². The molecular formula is C13H13ClNO+. The standard InChI is InChI=1S/C13H13ClNO/c14-13-8-4-5-9-15(13)10-12(16)11-6-2-1-3-7-11/h1-9,12,16H,10H2/q+1. The molecule has 0 saturated heterocycles. The van der Waals surface area contributed by atoms with E-state index in [0.717, 1.165) is 5.56 Å². The summed E-state index contributed by atoms with van der Waals surface area (Å²) in [6.45, 7) is 0.462. The minimum Gasteiger partial charge on any atom is -0.382 e. The number of pyridine rings is 1. The van der Waals surface area contributed by atoms with Crippen LogP contribution in [0.25, 0.3) is 0 Å². The molecule has 1 N–H and O–H groups in total. The number of halogens is 1. The molecule has 0 aliphatic carbocycles. The van der Waals surface area contributed by atoms with E-state index in [1.165, 1.54) is 0 Å². The van der Waals surface area contributed by atoms with Gasteiger partial charge in [-0.3, -0.25) is 0 Å². The average Bonchev–Trinajstić information content (AvgIpc) is 2.33. The number of aliphatic hydroxyl groups excluding tert-OH is 1. The normalized spacial score (nSPS) is 12.4. The lowest BCUT2D eigenvalue weighted by atomic mass is 10.1. The van der Waals surface area contributed by atoms with Crippen molar-refractivity contribution >= 4 is 11.6 Å². The predicted molar refractivity (Wildman–Crippen MR) is 63.0 cm³/mol. The van der Waals surface area contributed by atoms with Crippen LogP contribution in [0.3, 0.4) is 0 Å². The Morgan fingerprint density at radius 1 is 1.06 bits per heavy atom. The first-order chi connectivity index (χ1) is 7.77. The van der Waals surface area contributed by atoms with Crippen molar-refractivity contribution in [3.05, 3.63) is 65.4 Å². The maximum absolute atomic E-state index is 10.0. The Bertz CT molecular complexity index is 458. The molecule has 0 amide bonds. The van der Waals surface area contributed by atoms with Crippen LogP contribution in [0.2, 0.25) is 5.15 Å². The lowest BCUT2D eigenvalue weighted by Crippen LogP contribution is -2.37. The van der Waals surface area contributed by atoms with Crippen molar-refractivity contribution in [2.75, 3.05) is 0 Å². The van der Waals surface area contributed by atoms with Gasteiger partial charge in [0.1, 0.15) is 6.10 Å². The van der Waals surface area contributed by atoms with E-state index in [9.17, 15) is 5.11 Å². The third-order valence-electron chi connectivity index (χ3n) is 2.44. The maximum Gasteiger partial charge on any atom is 0.274 e. The van der Waals surface area contributed by atoms with Gasteiger partial charge in [-0.1, -0.05) is 30.3 Å². The number of rotatable bonds is 3. The lowest BCUT2D eigenvalue weighted by Gasteiger charge is -2.07. The fourth-order valence-corrected chi connectivity index (χ4v) is 1.77. The van der Waals surface area contributed by atoms with E-state index in [1.54, 1.807) is 6.07 Å². The third kappa shape index (κ3) is 2.60. The smallest absolute Gasteiger partial charge is 0.274 e. The van der Waals surface area contributed by atoms with Gasteiger partial charge in [0.25, 0.3) is 5.15 Å². The minimum absolute atomic E-state index is 0.462. The van der Waals surface area contributed by atoms with Gasteiger partial charge in [-0.05, 0) is 23.2 Å². The highest BCUT2D eigenvalue weighted by molar-refractivity contribution is 6.28. The van der Waals surface area contributed by atoms with Gasteiger partial charge in [-0.2, -0.15) is 4.57 Å². The van der Waals surface area contributed by atoms with E-state index in [4.69, 9.17) is 11.6 Å². The van der Waals surface area contributed by atoms with Crippen molar-refractivity contribution in [1.82, 2.24) is 0 Å². The molecule has 0 aliphatic heterocycles. The van der Waals surface area contributed by atoms with Crippen molar-refractivity contribution in [3.63, 3.8) is 0 Å². The highest BCUT2D eigenvalue weighted by Crippen LogP contribution is 2.12. The Labute approximate surface area is 99.7 Å². The van der Waals surface area contributed by atoms with Gasteiger partial charge in [-0.25, -0.2) is 0 Å². The van der Waals surface area contributed by atoms with E-state index in [1.807, 2.05) is 53.2 Å². The van der Waals surface area contributed by atoms with Crippen LogP contribution in [0, 0.1) is 0 Å². The molecule has 1 heterocycles. The van der Waals surface area contributed by atoms with Crippen molar-refractivity contribution in [3.8, 4) is 0 Å². The molecule has 2 rings (SSSR count). The summed E-state index contributed by atoms with van der Waals surface area (Å²) in [5, 5.41) is 10.6. The monoisotopic (exact) mass is 234 g/mol. The molecule has 1 unspecified atom stereocenters. The molecule has 1 aromatic heterocycles. The van der Waals surface area contributed by atoms with Gasteiger partial charge >= 0.3 is 0 Å². The van der Waals surface area contributed by atoms with Crippen molar-refractivity contribution < 1.29 is 9.67 Å². The summed E-state index contributed by atoms with van der Waals surface area (Å²) in [7, 11) is 0. The molecule has 0 saturated carbocycles. The van der Waals surface area contributed by atoms with E-state index >= 15 is 0 Å². The minimum atomic E-state index is -0.536. The molecule has 0 spiro atoms. The van der Waals surface area contributed by atoms with Crippen LogP contribution in [0.15, 0.2) is 54.7 Å². The molecule has 0 bridgehead atoms. The molecule has 2 nitrogen and oxygen atoms in total. The molecule has 82 valence electrons. The second-order valence-electron chi connectivity index (χ2n) is 3.60. The van der Waals surface area contributed by atoms with Crippen LogP contribution in [0.5, 0.6) is 0 Å². The van der Waals surface area contributed by atoms with Gasteiger partial charge in [0.05, 0.1) is 0 Å². The fourth-order valence-electron chi connectivity index (χ4n) is 1.57. The Hall–Kier alpha value is -1.38. The van der Waals surface area contributed by atoms with Crippen molar-refractivity contribution in [2.24, 2.45) is 0 Å². The van der Waals surface area contributed by atoms with Crippen LogP contribution in [-0.4, -0.2) is 5.11 Å². The summed E-state index contributed by atoms with van der Waals surface area (Å²) in [5.41, 5.74) is 0.898. The second kappa shape index (κ2) is 5.10. The largest absolute Gasteiger partial charge is 0.382 e. The summed E-state index contributed by atoms with van der Waals surface area (Å²) in [6, 6.07) is 15.1. The molecular weight excluding hydrogens is 222 g/mol. The van der Waals surface area contributed by atoms with Crippen LogP contribution in [-0.2, 0) is 6.54 Å². The number of hydrogen-bond donors (Lipinski definition) is 1. The molecule has 0 fully saturated rings. The number of hydrogen-bond acceptors (Lipinski definition) is 1. The van der Waals surface area contributed by atoms with Gasteiger partial charge in [0.2, 0.25) is 0 Å². The molecule has 2 aromatic rings. The zero-order valence-electron chi connectivity index (χ0n) is 8.75. The van der Waals surface area contributed by atoms with Gasteiger partial charge in [0, 0.05) is 12.1 Å². The van der Waals surface area contributed by atoms with Crippen LogP contribution in [0.1, 0.15) is 11.7 Å². The maximum atomic E-state index is 10.0. The SMILES string of the molecule is OC(C[n+]1ccccc1Cl)c1ccccc1. The number of nitrogens with zero attached hydrogens (tertiary/aromatic N) is 1. The number of aromatic nitrogens is 1. The average molecular weight is 235 g/mol. The first-order valence-corrected chi connectivity index (χ1v) is 5.52. The lowest BCUT2D eigenvalue weighted by molar-refractivity contribution is -0.702. The molecule has 16 heavy (non-hydrogen) atoms. The zero-order chi connectivity index (χ0) is 11.4. The molecule has 1 aromatic carbocycles. The molecule has 0 aliphatic rings. The fraction of sp³-hybridized carbons (Fsp3) is 0.154. The second-order valence-corrected chi connectivity index (χ2v) is 3.99. The van der Waals surface area contributed by atoms with E-state index in [0.29, 0.717) is 11.7 Å². The summed E-state index contributed by atoms with van der Waals surface area (Å²) in [5.74, 6) is 0.